The monoisotopic (exact) mass is 358 g/mol. The van der Waals surface area contributed by atoms with Crippen LogP contribution in [-0.4, -0.2) is 0 Å². The molecular weight excluding hydrogens is 324 g/mol. The van der Waals surface area contributed by atoms with E-state index >= 15 is 0 Å². The Balaban J connectivity index is 2.81. The summed E-state index contributed by atoms with van der Waals surface area (Å²) in [6.07, 6.45) is 5.64. The van der Waals surface area contributed by atoms with Crippen molar-refractivity contribution >= 4 is 5.57 Å². The maximum absolute atomic E-state index is 5.64. The van der Waals surface area contributed by atoms with Crippen molar-refractivity contribution in [2.75, 3.05) is 0 Å². The maximum atomic E-state index is 5.64. The molecule has 0 atom stereocenters. The van der Waals surface area contributed by atoms with Crippen LogP contribution in [0.5, 0.6) is 0 Å². The Hall–Kier alpha value is -2.26. The van der Waals surface area contributed by atoms with Gasteiger partial charge in [0.1, 0.15) is 0 Å². The quantitative estimate of drug-likeness (QED) is 0.483. The predicted molar refractivity (Wildman–Crippen MR) is 121 cm³/mol. The smallest absolute Gasteiger partial charge is 0.00217 e. The Morgan fingerprint density at radius 1 is 0.852 bits per heavy atom. The topological polar surface area (TPSA) is 0 Å². The van der Waals surface area contributed by atoms with Gasteiger partial charge in [-0.1, -0.05) is 77.8 Å². The van der Waals surface area contributed by atoms with Gasteiger partial charge in [0.2, 0.25) is 0 Å². The van der Waals surface area contributed by atoms with Gasteiger partial charge in [-0.15, -0.1) is 6.42 Å². The van der Waals surface area contributed by atoms with Crippen molar-refractivity contribution in [2.45, 2.75) is 73.1 Å². The van der Waals surface area contributed by atoms with E-state index in [1.54, 1.807) is 0 Å². The third-order valence-electron chi connectivity index (χ3n) is 5.29. The van der Waals surface area contributed by atoms with Gasteiger partial charge in [0, 0.05) is 5.57 Å². The summed E-state index contributed by atoms with van der Waals surface area (Å²) in [6.45, 7) is 20.0. The van der Waals surface area contributed by atoms with E-state index < -0.39 is 0 Å². The lowest BCUT2D eigenvalue weighted by atomic mass is 9.77. The van der Waals surface area contributed by atoms with Gasteiger partial charge in [0.15, 0.2) is 0 Å². The summed E-state index contributed by atoms with van der Waals surface area (Å²) in [5.74, 6) is 2.79. The summed E-state index contributed by atoms with van der Waals surface area (Å²) in [5.41, 5.74) is 10.2. The molecule has 0 aromatic heterocycles. The number of hydrogen-bond donors (Lipinski definition) is 0. The van der Waals surface area contributed by atoms with Crippen molar-refractivity contribution in [3.05, 3.63) is 64.2 Å². The van der Waals surface area contributed by atoms with Crippen LogP contribution in [-0.2, 0) is 10.8 Å². The fourth-order valence-corrected chi connectivity index (χ4v) is 3.38. The van der Waals surface area contributed by atoms with E-state index in [9.17, 15) is 0 Å². The summed E-state index contributed by atoms with van der Waals surface area (Å²) in [7, 11) is 0. The van der Waals surface area contributed by atoms with Gasteiger partial charge in [-0.3, -0.25) is 0 Å². The van der Waals surface area contributed by atoms with Crippen molar-refractivity contribution in [3.63, 3.8) is 0 Å². The number of terminal acetylenes is 1. The van der Waals surface area contributed by atoms with Gasteiger partial charge < -0.3 is 0 Å². The summed E-state index contributed by atoms with van der Waals surface area (Å²) < 4.78 is 0. The Bertz CT molecular complexity index is 916. The molecule has 142 valence electrons. The van der Waals surface area contributed by atoms with E-state index in [-0.39, 0.29) is 10.8 Å². The fourth-order valence-electron chi connectivity index (χ4n) is 3.38. The van der Waals surface area contributed by atoms with E-state index in [4.69, 9.17) is 6.42 Å². The molecule has 2 aromatic carbocycles. The lowest BCUT2D eigenvalue weighted by molar-refractivity contribution is 0.578. The highest BCUT2D eigenvalue weighted by Crippen LogP contribution is 2.38. The van der Waals surface area contributed by atoms with Crippen molar-refractivity contribution in [1.29, 1.82) is 0 Å². The average Bonchev–Trinajstić information content (AvgIpc) is 2.57. The van der Waals surface area contributed by atoms with E-state index in [1.165, 1.54) is 39.0 Å². The zero-order valence-corrected chi connectivity index (χ0v) is 18.5. The van der Waals surface area contributed by atoms with Crippen molar-refractivity contribution in [1.82, 2.24) is 0 Å². The molecule has 0 heteroatoms. The average molecular weight is 359 g/mol. The number of benzene rings is 2. The third kappa shape index (κ3) is 4.72. The third-order valence-corrected chi connectivity index (χ3v) is 5.29. The minimum absolute atomic E-state index is 0.0786. The van der Waals surface area contributed by atoms with Gasteiger partial charge >= 0.3 is 0 Å². The Morgan fingerprint density at radius 3 is 2.00 bits per heavy atom. The van der Waals surface area contributed by atoms with E-state index in [0.29, 0.717) is 0 Å². The molecule has 27 heavy (non-hydrogen) atoms. The number of hydrogen-bond acceptors (Lipinski definition) is 0. The van der Waals surface area contributed by atoms with Crippen LogP contribution in [0.2, 0.25) is 0 Å². The van der Waals surface area contributed by atoms with Crippen LogP contribution >= 0.6 is 0 Å². The minimum Gasteiger partial charge on any atom is -0.115 e. The van der Waals surface area contributed by atoms with Crippen LogP contribution in [0.1, 0.15) is 77.6 Å². The van der Waals surface area contributed by atoms with Crippen molar-refractivity contribution < 1.29 is 0 Å². The summed E-state index contributed by atoms with van der Waals surface area (Å²) in [6, 6.07) is 13.8. The van der Waals surface area contributed by atoms with Gasteiger partial charge in [-0.25, -0.2) is 0 Å². The highest BCUT2D eigenvalue weighted by atomic mass is 14.3. The highest BCUT2D eigenvalue weighted by Gasteiger charge is 2.22. The van der Waals surface area contributed by atoms with Crippen LogP contribution in [0, 0.1) is 19.3 Å². The second-order valence-corrected chi connectivity index (χ2v) is 9.74. The van der Waals surface area contributed by atoms with Gasteiger partial charge in [-0.2, -0.15) is 0 Å². The molecule has 0 nitrogen and oxygen atoms in total. The first-order chi connectivity index (χ1) is 12.3. The Labute approximate surface area is 166 Å². The normalized spacial score (nSPS) is 13.2. The van der Waals surface area contributed by atoms with Gasteiger partial charge in [-0.05, 0) is 76.6 Å². The molecule has 0 fully saturated rings. The SMILES string of the molecule is C#C/C(C)=C(/C)c1cc(C)cc(-c2cc(C(C)(C)C)ccc2C(C)(C)C)c1. The van der Waals surface area contributed by atoms with Crippen LogP contribution < -0.4 is 0 Å². The highest BCUT2D eigenvalue weighted by molar-refractivity contribution is 5.78. The van der Waals surface area contributed by atoms with Gasteiger partial charge in [0.05, 0.1) is 0 Å². The number of rotatable bonds is 2. The van der Waals surface area contributed by atoms with E-state index in [2.05, 4.69) is 97.7 Å². The molecule has 0 amide bonds. The van der Waals surface area contributed by atoms with Crippen LogP contribution in [0.25, 0.3) is 16.7 Å². The maximum Gasteiger partial charge on any atom is 0.00217 e. The molecule has 0 N–H and O–H groups in total. The molecule has 0 heterocycles. The first-order valence-electron chi connectivity index (χ1n) is 9.76. The molecule has 0 spiro atoms. The number of aryl methyl sites for hydroxylation is 1. The second-order valence-electron chi connectivity index (χ2n) is 9.74. The van der Waals surface area contributed by atoms with E-state index in [1.807, 2.05) is 6.92 Å². The fraction of sp³-hybridized carbons (Fsp3) is 0.407. The molecule has 0 aliphatic rings. The van der Waals surface area contributed by atoms with Crippen LogP contribution in [0.3, 0.4) is 0 Å². The van der Waals surface area contributed by atoms with E-state index in [0.717, 1.165) is 5.57 Å². The largest absolute Gasteiger partial charge is 0.115 e. The molecule has 2 rings (SSSR count). The molecule has 0 saturated heterocycles. The lowest BCUT2D eigenvalue weighted by Gasteiger charge is -2.27. The zero-order chi connectivity index (χ0) is 20.6. The molecular formula is C27H34. The van der Waals surface area contributed by atoms with Gasteiger partial charge in [0.25, 0.3) is 0 Å². The molecule has 2 aromatic rings. The Kier molecular flexibility index (Phi) is 5.77. The first-order valence-corrected chi connectivity index (χ1v) is 9.76. The van der Waals surface area contributed by atoms with Crippen LogP contribution in [0.15, 0.2) is 42.0 Å². The summed E-state index contributed by atoms with van der Waals surface area (Å²) in [5, 5.41) is 0. The molecule has 0 unspecified atom stereocenters. The minimum atomic E-state index is 0.0786. The summed E-state index contributed by atoms with van der Waals surface area (Å²) >= 11 is 0. The molecule has 0 bridgehead atoms. The zero-order valence-electron chi connectivity index (χ0n) is 18.5. The first kappa shape index (κ1) is 21.0. The molecule has 0 saturated carbocycles. The van der Waals surface area contributed by atoms with Crippen molar-refractivity contribution in [2.24, 2.45) is 0 Å². The number of allylic oxidation sites excluding steroid dienone is 2. The van der Waals surface area contributed by atoms with Crippen LogP contribution in [0.4, 0.5) is 0 Å². The molecule has 0 aliphatic carbocycles. The summed E-state index contributed by atoms with van der Waals surface area (Å²) in [4.78, 5) is 0. The molecule has 0 aliphatic heterocycles. The predicted octanol–water partition coefficient (Wildman–Crippen LogP) is 7.68. The van der Waals surface area contributed by atoms with Crippen molar-refractivity contribution in [3.8, 4) is 23.5 Å². The lowest BCUT2D eigenvalue weighted by Crippen LogP contribution is -2.16. The molecule has 0 radical (unpaired) electrons. The Morgan fingerprint density at radius 2 is 1.48 bits per heavy atom. The standard InChI is InChI=1S/C27H34/c1-11-19(3)20(4)21-14-18(2)15-22(16-21)24-17-23(26(5,6)7)12-13-25(24)27(8,9)10/h1,12-17H,2-10H3/b20-19-. The second kappa shape index (κ2) is 7.40.